The second-order valence-electron chi connectivity index (χ2n) is 8.45. The SMILES string of the molecule is CC[C@@]1(O)C(=O)C2=C(C[C@@H]1O)OC1=C(C(=O)[C@@](O)(CC)[C@@H](O)C1)C2c1ccc(O)cc1. The first-order valence-electron chi connectivity index (χ1n) is 10.4. The van der Waals surface area contributed by atoms with Crippen molar-refractivity contribution in [3.63, 3.8) is 0 Å². The van der Waals surface area contributed by atoms with Gasteiger partial charge >= 0.3 is 0 Å². The maximum atomic E-state index is 13.4. The van der Waals surface area contributed by atoms with E-state index in [-0.39, 0.29) is 54.1 Å². The number of aliphatic hydroxyl groups excluding tert-OH is 2. The first-order chi connectivity index (χ1) is 14.6. The van der Waals surface area contributed by atoms with Gasteiger partial charge in [0.05, 0.1) is 12.2 Å². The first-order valence-corrected chi connectivity index (χ1v) is 10.4. The Bertz CT molecular complexity index is 949. The fourth-order valence-corrected chi connectivity index (χ4v) is 4.79. The van der Waals surface area contributed by atoms with Gasteiger partial charge in [0.2, 0.25) is 0 Å². The molecule has 0 radical (unpaired) electrons. The maximum absolute atomic E-state index is 13.4. The number of ketones is 2. The van der Waals surface area contributed by atoms with Crippen molar-refractivity contribution >= 4 is 11.6 Å². The third kappa shape index (κ3) is 2.97. The van der Waals surface area contributed by atoms with Crippen LogP contribution in [0.2, 0.25) is 0 Å². The van der Waals surface area contributed by atoms with Crippen LogP contribution >= 0.6 is 0 Å². The lowest BCUT2D eigenvalue weighted by atomic mass is 9.65. The zero-order chi connectivity index (χ0) is 22.7. The zero-order valence-corrected chi connectivity index (χ0v) is 17.3. The standard InChI is InChI=1S/C23H26O8/c1-3-22(29)15(25)9-13-18(20(22)27)17(11-5-7-12(24)8-6-11)19-14(31-13)10-16(26)23(30,4-2)21(19)28/h5-8,15-17,24-26,29-30H,3-4,9-10H2,1-2H3/t15-,16-,17?,22-,23+/m0/s1. The van der Waals surface area contributed by atoms with Crippen LogP contribution in [0, 0.1) is 0 Å². The lowest BCUT2D eigenvalue weighted by Crippen LogP contribution is -2.57. The van der Waals surface area contributed by atoms with Crippen molar-refractivity contribution in [3.8, 4) is 5.75 Å². The van der Waals surface area contributed by atoms with Crippen LogP contribution in [0.3, 0.4) is 0 Å². The van der Waals surface area contributed by atoms with E-state index in [2.05, 4.69) is 0 Å². The van der Waals surface area contributed by atoms with Crippen molar-refractivity contribution < 1.29 is 39.9 Å². The number of hydrogen-bond donors (Lipinski definition) is 5. The second-order valence-corrected chi connectivity index (χ2v) is 8.45. The largest absolute Gasteiger partial charge is 0.508 e. The fraction of sp³-hybridized carbons (Fsp3) is 0.478. The number of hydrogen-bond acceptors (Lipinski definition) is 8. The van der Waals surface area contributed by atoms with Crippen LogP contribution < -0.4 is 0 Å². The number of benzene rings is 1. The molecule has 1 aromatic rings. The normalized spacial score (nSPS) is 35.6. The minimum atomic E-state index is -2.03. The van der Waals surface area contributed by atoms with E-state index in [9.17, 15) is 35.1 Å². The van der Waals surface area contributed by atoms with Gasteiger partial charge in [0, 0.05) is 29.9 Å². The molecule has 0 saturated carbocycles. The minimum Gasteiger partial charge on any atom is -0.508 e. The molecule has 8 heteroatoms. The molecule has 0 aromatic heterocycles. The molecule has 3 aliphatic rings. The Kier molecular flexibility index (Phi) is 5.09. The van der Waals surface area contributed by atoms with Gasteiger partial charge < -0.3 is 30.3 Å². The number of aromatic hydroxyl groups is 1. The van der Waals surface area contributed by atoms with Crippen molar-refractivity contribution in [1.82, 2.24) is 0 Å². The Hall–Kier alpha value is -2.52. The number of phenolic OH excluding ortho intramolecular Hbond substituents is 1. The Morgan fingerprint density at radius 2 is 1.29 bits per heavy atom. The summed E-state index contributed by atoms with van der Waals surface area (Å²) in [6.45, 7) is 3.16. The van der Waals surface area contributed by atoms with Crippen LogP contribution in [0.15, 0.2) is 46.9 Å². The second kappa shape index (κ2) is 7.27. The van der Waals surface area contributed by atoms with E-state index in [1.165, 1.54) is 12.1 Å². The van der Waals surface area contributed by atoms with Crippen molar-refractivity contribution in [3.05, 3.63) is 52.5 Å². The molecule has 5 N–H and O–H groups in total. The van der Waals surface area contributed by atoms with Gasteiger partial charge in [-0.3, -0.25) is 9.59 Å². The summed E-state index contributed by atoms with van der Waals surface area (Å²) in [6, 6.07) is 5.92. The maximum Gasteiger partial charge on any atom is 0.197 e. The van der Waals surface area contributed by atoms with E-state index in [1.807, 2.05) is 0 Å². The summed E-state index contributed by atoms with van der Waals surface area (Å²) < 4.78 is 5.85. The number of carbonyl (C=O) groups excluding carboxylic acids is 2. The van der Waals surface area contributed by atoms with Gasteiger partial charge in [-0.2, -0.15) is 0 Å². The lowest BCUT2D eigenvalue weighted by molar-refractivity contribution is -0.154. The summed E-state index contributed by atoms with van der Waals surface area (Å²) in [5.41, 5.74) is -3.50. The number of rotatable bonds is 3. The summed E-state index contributed by atoms with van der Waals surface area (Å²) in [6.07, 6.45) is -3.13. The molecule has 0 spiro atoms. The van der Waals surface area contributed by atoms with E-state index in [0.717, 1.165) is 0 Å². The number of carbonyl (C=O) groups is 2. The molecule has 1 aromatic carbocycles. The molecule has 5 atom stereocenters. The van der Waals surface area contributed by atoms with Gasteiger partial charge in [-0.15, -0.1) is 0 Å². The molecular weight excluding hydrogens is 404 g/mol. The summed E-state index contributed by atoms with van der Waals surface area (Å²) in [5, 5.41) is 52.4. The van der Waals surface area contributed by atoms with E-state index in [0.29, 0.717) is 5.56 Å². The van der Waals surface area contributed by atoms with E-state index in [1.54, 1.807) is 26.0 Å². The van der Waals surface area contributed by atoms with Crippen molar-refractivity contribution in [1.29, 1.82) is 0 Å². The number of ether oxygens (including phenoxy) is 1. The molecule has 166 valence electrons. The highest BCUT2D eigenvalue weighted by atomic mass is 16.5. The Balaban J connectivity index is 1.95. The van der Waals surface area contributed by atoms with E-state index in [4.69, 9.17) is 4.74 Å². The molecular formula is C23H26O8. The van der Waals surface area contributed by atoms with Crippen LogP contribution in [0.5, 0.6) is 5.75 Å². The van der Waals surface area contributed by atoms with Gasteiger partial charge in [0.25, 0.3) is 0 Å². The Morgan fingerprint density at radius 3 is 1.68 bits per heavy atom. The monoisotopic (exact) mass is 430 g/mol. The van der Waals surface area contributed by atoms with Gasteiger partial charge in [-0.1, -0.05) is 26.0 Å². The molecule has 1 unspecified atom stereocenters. The molecule has 0 saturated heterocycles. The van der Waals surface area contributed by atoms with Crippen LogP contribution in [-0.4, -0.2) is 60.5 Å². The zero-order valence-electron chi connectivity index (χ0n) is 17.3. The van der Waals surface area contributed by atoms with Crippen LogP contribution in [0.4, 0.5) is 0 Å². The first kappa shape index (κ1) is 21.7. The molecule has 1 heterocycles. The highest BCUT2D eigenvalue weighted by Crippen LogP contribution is 2.51. The fourth-order valence-electron chi connectivity index (χ4n) is 4.79. The molecule has 0 bridgehead atoms. The molecule has 4 rings (SSSR count). The highest BCUT2D eigenvalue weighted by molar-refractivity contribution is 6.11. The summed E-state index contributed by atoms with van der Waals surface area (Å²) in [5.74, 6) is -2.20. The third-order valence-corrected chi connectivity index (χ3v) is 6.86. The van der Waals surface area contributed by atoms with Crippen LogP contribution in [-0.2, 0) is 14.3 Å². The minimum absolute atomic E-state index is 0.00914. The third-order valence-electron chi connectivity index (χ3n) is 6.86. The molecule has 0 amide bonds. The summed E-state index contributed by atoms with van der Waals surface area (Å²) in [7, 11) is 0. The Morgan fingerprint density at radius 1 is 0.871 bits per heavy atom. The van der Waals surface area contributed by atoms with Crippen molar-refractivity contribution in [2.75, 3.05) is 0 Å². The molecule has 2 aliphatic carbocycles. The molecule has 0 fully saturated rings. The number of aliphatic hydroxyl groups is 4. The highest BCUT2D eigenvalue weighted by Gasteiger charge is 2.57. The van der Waals surface area contributed by atoms with E-state index < -0.39 is 40.9 Å². The topological polar surface area (TPSA) is 145 Å². The summed E-state index contributed by atoms with van der Waals surface area (Å²) >= 11 is 0. The molecule has 31 heavy (non-hydrogen) atoms. The average molecular weight is 430 g/mol. The molecule has 8 nitrogen and oxygen atoms in total. The number of Topliss-reactive ketones (excluding diaryl/α,β-unsaturated/α-hetero) is 2. The molecule has 1 aliphatic heterocycles. The van der Waals surface area contributed by atoms with Gasteiger partial charge in [0.1, 0.15) is 17.3 Å². The van der Waals surface area contributed by atoms with Gasteiger partial charge in [-0.25, -0.2) is 0 Å². The Labute approximate surface area is 179 Å². The number of phenols is 1. The average Bonchev–Trinajstić information content (AvgIpc) is 2.75. The lowest BCUT2D eigenvalue weighted by Gasteiger charge is -2.45. The predicted molar refractivity (Wildman–Crippen MR) is 108 cm³/mol. The van der Waals surface area contributed by atoms with Crippen molar-refractivity contribution in [2.24, 2.45) is 0 Å². The predicted octanol–water partition coefficient (Wildman–Crippen LogP) is 0.964. The van der Waals surface area contributed by atoms with E-state index >= 15 is 0 Å². The smallest absolute Gasteiger partial charge is 0.197 e. The van der Waals surface area contributed by atoms with Gasteiger partial charge in [0.15, 0.2) is 22.8 Å². The van der Waals surface area contributed by atoms with Crippen molar-refractivity contribution in [2.45, 2.75) is 68.9 Å². The van der Waals surface area contributed by atoms with Crippen LogP contribution in [0.1, 0.15) is 51.0 Å². The quantitative estimate of drug-likeness (QED) is 0.477. The van der Waals surface area contributed by atoms with Crippen LogP contribution in [0.25, 0.3) is 0 Å². The van der Waals surface area contributed by atoms with Gasteiger partial charge in [-0.05, 0) is 30.5 Å². The summed E-state index contributed by atoms with van der Waals surface area (Å²) in [4.78, 5) is 26.8.